The smallest absolute Gasteiger partial charge is 0.115 e. The molecule has 0 radical (unpaired) electrons. The van der Waals surface area contributed by atoms with Gasteiger partial charge in [-0.15, -0.1) is 6.58 Å². The molecular formula is C15H20N2. The van der Waals surface area contributed by atoms with Crippen molar-refractivity contribution in [1.82, 2.24) is 5.32 Å². The average molecular weight is 228 g/mol. The van der Waals surface area contributed by atoms with E-state index in [-0.39, 0.29) is 5.66 Å². The van der Waals surface area contributed by atoms with E-state index in [0.29, 0.717) is 0 Å². The van der Waals surface area contributed by atoms with Crippen LogP contribution in [0.25, 0.3) is 0 Å². The lowest BCUT2D eigenvalue weighted by molar-refractivity contribution is 0.423. The van der Waals surface area contributed by atoms with Crippen LogP contribution >= 0.6 is 0 Å². The van der Waals surface area contributed by atoms with Crippen molar-refractivity contribution in [2.75, 3.05) is 4.90 Å². The van der Waals surface area contributed by atoms with Crippen molar-refractivity contribution >= 4 is 5.69 Å². The predicted octanol–water partition coefficient (Wildman–Crippen LogP) is 3.64. The highest BCUT2D eigenvalue weighted by atomic mass is 15.4. The molecule has 1 unspecified atom stereocenters. The summed E-state index contributed by atoms with van der Waals surface area (Å²) in [7, 11) is 0. The number of nitrogens with one attached hydrogen (secondary N) is 1. The zero-order chi connectivity index (χ0) is 12.5. The van der Waals surface area contributed by atoms with Gasteiger partial charge in [0.1, 0.15) is 5.66 Å². The van der Waals surface area contributed by atoms with E-state index >= 15 is 0 Å². The van der Waals surface area contributed by atoms with Gasteiger partial charge < -0.3 is 10.2 Å². The molecule has 1 aromatic rings. The molecule has 1 aliphatic rings. The first-order valence-electron chi connectivity index (χ1n) is 6.00. The minimum atomic E-state index is -0.0999. The maximum atomic E-state index is 3.86. The van der Waals surface area contributed by atoms with Crippen LogP contribution in [-0.2, 0) is 0 Å². The molecule has 0 aliphatic carbocycles. The largest absolute Gasteiger partial charge is 0.365 e. The van der Waals surface area contributed by atoms with E-state index in [4.69, 9.17) is 0 Å². The summed E-state index contributed by atoms with van der Waals surface area (Å²) >= 11 is 0. The van der Waals surface area contributed by atoms with Gasteiger partial charge in [0, 0.05) is 23.5 Å². The molecule has 2 rings (SSSR count). The molecular weight excluding hydrogens is 208 g/mol. The van der Waals surface area contributed by atoms with Gasteiger partial charge in [0.25, 0.3) is 0 Å². The van der Waals surface area contributed by atoms with Crippen LogP contribution in [0.4, 0.5) is 5.69 Å². The molecule has 0 saturated carbocycles. The molecule has 1 N–H and O–H groups in total. The Morgan fingerprint density at radius 1 is 1.29 bits per heavy atom. The Morgan fingerprint density at radius 2 is 1.94 bits per heavy atom. The van der Waals surface area contributed by atoms with Gasteiger partial charge in [0.2, 0.25) is 0 Å². The molecule has 1 heterocycles. The van der Waals surface area contributed by atoms with E-state index in [1.807, 2.05) is 12.1 Å². The topological polar surface area (TPSA) is 15.3 Å². The van der Waals surface area contributed by atoms with E-state index in [0.717, 1.165) is 6.42 Å². The number of rotatable bonds is 3. The monoisotopic (exact) mass is 228 g/mol. The van der Waals surface area contributed by atoms with Crippen molar-refractivity contribution < 1.29 is 0 Å². The van der Waals surface area contributed by atoms with Crippen molar-refractivity contribution in [3.05, 3.63) is 54.4 Å². The summed E-state index contributed by atoms with van der Waals surface area (Å²) in [4.78, 5) is 2.35. The molecule has 0 saturated heterocycles. The van der Waals surface area contributed by atoms with Gasteiger partial charge in [-0.2, -0.15) is 0 Å². The molecule has 1 aromatic carbocycles. The van der Waals surface area contributed by atoms with E-state index in [9.17, 15) is 0 Å². The Balaban J connectivity index is 2.44. The van der Waals surface area contributed by atoms with Crippen LogP contribution in [0.1, 0.15) is 27.2 Å². The molecule has 2 nitrogen and oxygen atoms in total. The second kappa shape index (κ2) is 4.28. The average Bonchev–Trinajstić information content (AvgIpc) is 2.51. The van der Waals surface area contributed by atoms with Crippen molar-refractivity contribution in [3.8, 4) is 0 Å². The third-order valence-corrected chi connectivity index (χ3v) is 3.38. The first kappa shape index (κ1) is 11.8. The van der Waals surface area contributed by atoms with Gasteiger partial charge in [0.05, 0.1) is 0 Å². The Morgan fingerprint density at radius 3 is 2.53 bits per heavy atom. The van der Waals surface area contributed by atoms with Crippen molar-refractivity contribution in [3.63, 3.8) is 0 Å². The molecule has 0 fully saturated rings. The van der Waals surface area contributed by atoms with E-state index in [1.54, 1.807) is 0 Å². The lowest BCUT2D eigenvalue weighted by atomic mass is 10.1. The third kappa shape index (κ3) is 1.95. The lowest BCUT2D eigenvalue weighted by Gasteiger charge is -2.37. The lowest BCUT2D eigenvalue weighted by Crippen LogP contribution is -2.49. The Kier molecular flexibility index (Phi) is 2.97. The van der Waals surface area contributed by atoms with Gasteiger partial charge in [-0.3, -0.25) is 0 Å². The molecule has 1 aliphatic heterocycles. The minimum Gasteiger partial charge on any atom is -0.365 e. The number of allylic oxidation sites excluding steroid dienone is 2. The van der Waals surface area contributed by atoms with Crippen molar-refractivity contribution in [1.29, 1.82) is 0 Å². The summed E-state index contributed by atoms with van der Waals surface area (Å²) in [6, 6.07) is 10.5. The van der Waals surface area contributed by atoms with Gasteiger partial charge >= 0.3 is 0 Å². The van der Waals surface area contributed by atoms with Crippen LogP contribution in [0.5, 0.6) is 0 Å². The molecule has 0 spiro atoms. The standard InChI is InChI=1S/C15H20N2/c1-5-11-15(4)16-12(2)13(3)17(15)14-9-7-6-8-10-14/h5-10,16H,1,11H2,2-4H3. The second-order valence-electron chi connectivity index (χ2n) is 4.77. The maximum Gasteiger partial charge on any atom is 0.115 e. The van der Waals surface area contributed by atoms with E-state index in [1.165, 1.54) is 17.1 Å². The highest BCUT2D eigenvalue weighted by Gasteiger charge is 2.37. The number of benzene rings is 1. The number of hydrogen-bond acceptors (Lipinski definition) is 2. The zero-order valence-electron chi connectivity index (χ0n) is 10.8. The minimum absolute atomic E-state index is 0.0999. The highest BCUT2D eigenvalue weighted by molar-refractivity contribution is 5.57. The van der Waals surface area contributed by atoms with Crippen LogP contribution < -0.4 is 10.2 Å². The molecule has 1 atom stereocenters. The fraction of sp³-hybridized carbons (Fsp3) is 0.333. The number of anilines is 1. The van der Waals surface area contributed by atoms with Gasteiger partial charge in [-0.05, 0) is 32.9 Å². The molecule has 17 heavy (non-hydrogen) atoms. The molecule has 2 heteroatoms. The molecule has 90 valence electrons. The summed E-state index contributed by atoms with van der Waals surface area (Å²) in [5.74, 6) is 0. The van der Waals surface area contributed by atoms with E-state index in [2.05, 4.69) is 61.8 Å². The Bertz CT molecular complexity index is 447. The molecule has 0 amide bonds. The third-order valence-electron chi connectivity index (χ3n) is 3.38. The number of hydrogen-bond donors (Lipinski definition) is 1. The zero-order valence-corrected chi connectivity index (χ0v) is 10.8. The van der Waals surface area contributed by atoms with Gasteiger partial charge in [0.15, 0.2) is 0 Å². The SMILES string of the molecule is C=CCC1(C)NC(C)=C(C)N1c1ccccc1. The summed E-state index contributed by atoms with van der Waals surface area (Å²) in [6.07, 6.45) is 2.87. The van der Waals surface area contributed by atoms with Crippen LogP contribution in [0.3, 0.4) is 0 Å². The summed E-state index contributed by atoms with van der Waals surface area (Å²) < 4.78 is 0. The fourth-order valence-electron chi connectivity index (χ4n) is 2.57. The van der Waals surface area contributed by atoms with Gasteiger partial charge in [-0.1, -0.05) is 24.3 Å². The normalized spacial score (nSPS) is 23.8. The van der Waals surface area contributed by atoms with Crippen LogP contribution in [0, 0.1) is 0 Å². The highest BCUT2D eigenvalue weighted by Crippen LogP contribution is 2.35. The number of nitrogens with zero attached hydrogens (tertiary/aromatic N) is 1. The summed E-state index contributed by atoms with van der Waals surface area (Å²) in [5.41, 5.74) is 3.63. The quantitative estimate of drug-likeness (QED) is 0.795. The van der Waals surface area contributed by atoms with Crippen LogP contribution in [-0.4, -0.2) is 5.66 Å². The second-order valence-corrected chi connectivity index (χ2v) is 4.77. The van der Waals surface area contributed by atoms with Gasteiger partial charge in [-0.25, -0.2) is 0 Å². The Hall–Kier alpha value is -1.70. The van der Waals surface area contributed by atoms with Crippen molar-refractivity contribution in [2.45, 2.75) is 32.9 Å². The fourth-order valence-corrected chi connectivity index (χ4v) is 2.57. The first-order valence-corrected chi connectivity index (χ1v) is 6.00. The van der Waals surface area contributed by atoms with Crippen LogP contribution in [0.15, 0.2) is 54.4 Å². The Labute approximate surface area is 104 Å². The molecule has 0 bridgehead atoms. The maximum absolute atomic E-state index is 3.86. The first-order chi connectivity index (χ1) is 8.08. The summed E-state index contributed by atoms with van der Waals surface area (Å²) in [5, 5.41) is 3.56. The van der Waals surface area contributed by atoms with E-state index < -0.39 is 0 Å². The predicted molar refractivity (Wildman–Crippen MR) is 73.6 cm³/mol. The number of para-hydroxylation sites is 1. The van der Waals surface area contributed by atoms with Crippen molar-refractivity contribution in [2.24, 2.45) is 0 Å². The molecule has 0 aromatic heterocycles. The van der Waals surface area contributed by atoms with Crippen LogP contribution in [0.2, 0.25) is 0 Å². The summed E-state index contributed by atoms with van der Waals surface area (Å²) in [6.45, 7) is 10.4.